The normalized spacial score (nSPS) is 26.7. The van der Waals surface area contributed by atoms with Crippen molar-refractivity contribution < 1.29 is 4.74 Å². The van der Waals surface area contributed by atoms with Gasteiger partial charge in [0, 0.05) is 19.1 Å². The van der Waals surface area contributed by atoms with E-state index in [0.29, 0.717) is 6.04 Å². The van der Waals surface area contributed by atoms with Crippen molar-refractivity contribution >= 4 is 0 Å². The molecule has 0 aromatic heterocycles. The van der Waals surface area contributed by atoms with Crippen LogP contribution < -0.4 is 10.1 Å². The Kier molecular flexibility index (Phi) is 4.23. The zero-order chi connectivity index (χ0) is 14.9. The van der Waals surface area contributed by atoms with E-state index < -0.39 is 0 Å². The van der Waals surface area contributed by atoms with Crippen molar-refractivity contribution in [3.63, 3.8) is 0 Å². The molecule has 1 atom stereocenters. The van der Waals surface area contributed by atoms with Crippen LogP contribution in [0.4, 0.5) is 0 Å². The van der Waals surface area contributed by atoms with Crippen molar-refractivity contribution in [2.75, 3.05) is 19.6 Å². The topological polar surface area (TPSA) is 24.5 Å². The molecule has 1 aromatic rings. The Balaban J connectivity index is 1.79. The number of benzene rings is 1. The van der Waals surface area contributed by atoms with E-state index in [0.717, 1.165) is 38.2 Å². The summed E-state index contributed by atoms with van der Waals surface area (Å²) in [6, 6.07) is 7.11. The van der Waals surface area contributed by atoms with Gasteiger partial charge in [-0.05, 0) is 70.3 Å². The van der Waals surface area contributed by atoms with Crippen molar-refractivity contribution in [1.29, 1.82) is 0 Å². The maximum absolute atomic E-state index is 6.55. The lowest BCUT2D eigenvalue weighted by Gasteiger charge is -2.42. The Morgan fingerprint density at radius 3 is 3.00 bits per heavy atom. The average Bonchev–Trinajstić information content (AvgIpc) is 2.47. The Labute approximate surface area is 128 Å². The Morgan fingerprint density at radius 1 is 1.33 bits per heavy atom. The maximum Gasteiger partial charge on any atom is 0.123 e. The van der Waals surface area contributed by atoms with Gasteiger partial charge < -0.3 is 10.1 Å². The minimum Gasteiger partial charge on any atom is -0.486 e. The molecule has 3 heteroatoms. The molecule has 21 heavy (non-hydrogen) atoms. The number of fused-ring (bicyclic) bond motifs is 1. The van der Waals surface area contributed by atoms with Crippen LogP contribution in [0.15, 0.2) is 18.2 Å². The lowest BCUT2D eigenvalue weighted by atomic mass is 9.93. The molecule has 1 fully saturated rings. The van der Waals surface area contributed by atoms with Gasteiger partial charge in [0.15, 0.2) is 0 Å². The fourth-order valence-electron chi connectivity index (χ4n) is 3.63. The smallest absolute Gasteiger partial charge is 0.123 e. The molecule has 0 aliphatic carbocycles. The fourth-order valence-corrected chi connectivity index (χ4v) is 3.63. The first-order valence-corrected chi connectivity index (χ1v) is 8.32. The molecule has 2 aliphatic heterocycles. The van der Waals surface area contributed by atoms with Crippen LogP contribution in [0.2, 0.25) is 0 Å². The molecule has 0 bridgehead atoms. The molecule has 3 rings (SSSR count). The molecule has 0 amide bonds. The summed E-state index contributed by atoms with van der Waals surface area (Å²) in [6.45, 7) is 11.1. The van der Waals surface area contributed by atoms with E-state index in [1.165, 1.54) is 24.1 Å². The number of ether oxygens (including phenoxy) is 1. The molecule has 0 radical (unpaired) electrons. The van der Waals surface area contributed by atoms with Gasteiger partial charge in [-0.1, -0.05) is 12.1 Å². The van der Waals surface area contributed by atoms with E-state index in [-0.39, 0.29) is 5.60 Å². The van der Waals surface area contributed by atoms with Crippen molar-refractivity contribution in [3.05, 3.63) is 29.3 Å². The third kappa shape index (κ3) is 3.24. The number of hydrogen-bond acceptors (Lipinski definition) is 3. The average molecular weight is 288 g/mol. The van der Waals surface area contributed by atoms with Gasteiger partial charge in [-0.2, -0.15) is 0 Å². The molecular weight excluding hydrogens is 260 g/mol. The Hall–Kier alpha value is -1.06. The molecule has 1 aromatic carbocycles. The van der Waals surface area contributed by atoms with Crippen molar-refractivity contribution in [3.8, 4) is 5.75 Å². The highest BCUT2D eigenvalue weighted by molar-refractivity contribution is 5.42. The molecule has 1 unspecified atom stereocenters. The van der Waals surface area contributed by atoms with Gasteiger partial charge in [-0.15, -0.1) is 0 Å². The summed E-state index contributed by atoms with van der Waals surface area (Å²) in [4.78, 5) is 2.54. The summed E-state index contributed by atoms with van der Waals surface area (Å²) in [5, 5.41) is 3.44. The largest absolute Gasteiger partial charge is 0.486 e. The highest BCUT2D eigenvalue weighted by Gasteiger charge is 2.34. The number of likely N-dealkylation sites (tertiary alicyclic amines) is 1. The van der Waals surface area contributed by atoms with Gasteiger partial charge in [-0.25, -0.2) is 0 Å². The molecule has 3 nitrogen and oxygen atoms in total. The number of nitrogens with one attached hydrogen (secondary N) is 1. The fraction of sp³-hybridized carbons (Fsp3) is 0.667. The molecular formula is C18H28N2O. The SMILES string of the molecule is CC(C)N1CCCC(C)(Oc2cccc3c2CCNC3)C1. The van der Waals surface area contributed by atoms with Crippen LogP contribution >= 0.6 is 0 Å². The monoisotopic (exact) mass is 288 g/mol. The van der Waals surface area contributed by atoms with Gasteiger partial charge in [0.25, 0.3) is 0 Å². The molecule has 2 aliphatic rings. The number of nitrogens with zero attached hydrogens (tertiary/aromatic N) is 1. The number of piperidine rings is 1. The van der Waals surface area contributed by atoms with Gasteiger partial charge in [0.05, 0.1) is 0 Å². The first kappa shape index (κ1) is 14.9. The third-order valence-electron chi connectivity index (χ3n) is 4.87. The summed E-state index contributed by atoms with van der Waals surface area (Å²) in [7, 11) is 0. The highest BCUT2D eigenvalue weighted by Crippen LogP contribution is 2.32. The minimum atomic E-state index is -0.0531. The standard InChI is InChI=1S/C18H28N2O/c1-14(2)20-11-5-9-18(3,13-20)21-17-7-4-6-15-12-19-10-8-16(15)17/h4,6-7,14,19H,5,8-13H2,1-3H3. The van der Waals surface area contributed by atoms with Crippen LogP contribution in [0, 0.1) is 0 Å². The first-order chi connectivity index (χ1) is 10.1. The van der Waals surface area contributed by atoms with Crippen molar-refractivity contribution in [2.45, 2.75) is 58.2 Å². The lowest BCUT2D eigenvalue weighted by molar-refractivity contribution is -0.00599. The van der Waals surface area contributed by atoms with Crippen LogP contribution in [-0.4, -0.2) is 36.2 Å². The van der Waals surface area contributed by atoms with E-state index >= 15 is 0 Å². The second kappa shape index (κ2) is 5.98. The van der Waals surface area contributed by atoms with Crippen LogP contribution in [0.3, 0.4) is 0 Å². The quantitative estimate of drug-likeness (QED) is 0.925. The number of hydrogen-bond donors (Lipinski definition) is 1. The van der Waals surface area contributed by atoms with Gasteiger partial charge in [0.2, 0.25) is 0 Å². The van der Waals surface area contributed by atoms with Gasteiger partial charge in [-0.3, -0.25) is 4.90 Å². The zero-order valence-electron chi connectivity index (χ0n) is 13.6. The summed E-state index contributed by atoms with van der Waals surface area (Å²) in [6.07, 6.45) is 3.46. The maximum atomic E-state index is 6.55. The van der Waals surface area contributed by atoms with Crippen molar-refractivity contribution in [2.24, 2.45) is 0 Å². The second-order valence-electron chi connectivity index (χ2n) is 7.04. The molecule has 1 N–H and O–H groups in total. The van der Waals surface area contributed by atoms with E-state index in [9.17, 15) is 0 Å². The molecule has 1 saturated heterocycles. The predicted octanol–water partition coefficient (Wildman–Crippen LogP) is 2.97. The lowest BCUT2D eigenvalue weighted by Crippen LogP contribution is -2.52. The summed E-state index contributed by atoms with van der Waals surface area (Å²) >= 11 is 0. The van der Waals surface area contributed by atoms with Crippen LogP contribution in [-0.2, 0) is 13.0 Å². The molecule has 0 saturated carbocycles. The summed E-state index contributed by atoms with van der Waals surface area (Å²) in [5.74, 6) is 1.11. The van der Waals surface area contributed by atoms with E-state index in [4.69, 9.17) is 4.74 Å². The Bertz CT molecular complexity index is 500. The second-order valence-corrected chi connectivity index (χ2v) is 7.04. The highest BCUT2D eigenvalue weighted by atomic mass is 16.5. The number of rotatable bonds is 3. The minimum absolute atomic E-state index is 0.0531. The van der Waals surface area contributed by atoms with Gasteiger partial charge >= 0.3 is 0 Å². The molecule has 2 heterocycles. The van der Waals surface area contributed by atoms with E-state index in [1.54, 1.807) is 0 Å². The van der Waals surface area contributed by atoms with Crippen LogP contribution in [0.1, 0.15) is 44.7 Å². The summed E-state index contributed by atoms with van der Waals surface area (Å²) in [5.41, 5.74) is 2.76. The first-order valence-electron chi connectivity index (χ1n) is 8.32. The zero-order valence-corrected chi connectivity index (χ0v) is 13.6. The Morgan fingerprint density at radius 2 is 2.19 bits per heavy atom. The predicted molar refractivity (Wildman–Crippen MR) is 86.8 cm³/mol. The molecule has 116 valence electrons. The van der Waals surface area contributed by atoms with Crippen LogP contribution in [0.5, 0.6) is 5.75 Å². The van der Waals surface area contributed by atoms with Gasteiger partial charge in [0.1, 0.15) is 11.4 Å². The van der Waals surface area contributed by atoms with Crippen LogP contribution in [0.25, 0.3) is 0 Å². The van der Waals surface area contributed by atoms with E-state index in [1.807, 2.05) is 0 Å². The van der Waals surface area contributed by atoms with Crippen molar-refractivity contribution in [1.82, 2.24) is 10.2 Å². The molecule has 0 spiro atoms. The summed E-state index contributed by atoms with van der Waals surface area (Å²) < 4.78 is 6.55. The third-order valence-corrected chi connectivity index (χ3v) is 4.87. The van der Waals surface area contributed by atoms with E-state index in [2.05, 4.69) is 49.2 Å².